The van der Waals surface area contributed by atoms with Gasteiger partial charge in [-0.15, -0.1) is 15.3 Å². The number of hydrogen-bond acceptors (Lipinski definition) is 6. The molecule has 118 valence electrons. The van der Waals surface area contributed by atoms with Crippen LogP contribution in [-0.2, 0) is 6.18 Å². The van der Waals surface area contributed by atoms with E-state index in [1.54, 1.807) is 4.68 Å². The summed E-state index contributed by atoms with van der Waals surface area (Å²) in [6, 6.07) is 2.43. The standard InChI is InChI=1S/C12H13F3N6S/c13-12(14,15)9-6-7-10(17-16-9)22-11-18-19-20-21(11)8-4-2-1-3-5-8/h6-8H,1-5H2. The summed E-state index contributed by atoms with van der Waals surface area (Å²) in [5.41, 5.74) is -1.01. The summed E-state index contributed by atoms with van der Waals surface area (Å²) < 4.78 is 39.1. The van der Waals surface area contributed by atoms with Crippen molar-refractivity contribution in [3.8, 4) is 0 Å². The monoisotopic (exact) mass is 330 g/mol. The van der Waals surface area contributed by atoms with Gasteiger partial charge in [0.1, 0.15) is 5.03 Å². The van der Waals surface area contributed by atoms with Gasteiger partial charge < -0.3 is 0 Å². The molecule has 0 saturated heterocycles. The van der Waals surface area contributed by atoms with Crippen molar-refractivity contribution in [2.45, 2.75) is 54.5 Å². The third-order valence-electron chi connectivity index (χ3n) is 3.51. The Bertz CT molecular complexity index is 621. The van der Waals surface area contributed by atoms with Crippen molar-refractivity contribution in [1.29, 1.82) is 0 Å². The van der Waals surface area contributed by atoms with Crippen molar-refractivity contribution < 1.29 is 13.2 Å². The van der Waals surface area contributed by atoms with E-state index >= 15 is 0 Å². The van der Waals surface area contributed by atoms with Crippen molar-refractivity contribution in [3.63, 3.8) is 0 Å². The summed E-state index contributed by atoms with van der Waals surface area (Å²) in [7, 11) is 0. The third-order valence-corrected chi connectivity index (χ3v) is 4.39. The zero-order valence-corrected chi connectivity index (χ0v) is 12.3. The molecule has 2 heterocycles. The Balaban J connectivity index is 1.75. The Hall–Kier alpha value is -1.71. The Labute approximate surface area is 128 Å². The van der Waals surface area contributed by atoms with Crippen LogP contribution in [0.25, 0.3) is 0 Å². The van der Waals surface area contributed by atoms with E-state index < -0.39 is 11.9 Å². The Morgan fingerprint density at radius 3 is 2.45 bits per heavy atom. The molecule has 0 radical (unpaired) electrons. The number of hydrogen-bond donors (Lipinski definition) is 0. The molecule has 1 aliphatic carbocycles. The molecule has 10 heteroatoms. The maximum atomic E-state index is 12.5. The predicted molar refractivity (Wildman–Crippen MR) is 71.1 cm³/mol. The number of nitrogens with zero attached hydrogens (tertiary/aromatic N) is 6. The highest BCUT2D eigenvalue weighted by Gasteiger charge is 2.33. The van der Waals surface area contributed by atoms with E-state index in [9.17, 15) is 13.2 Å². The van der Waals surface area contributed by atoms with E-state index in [1.807, 2.05) is 0 Å². The first-order valence-electron chi connectivity index (χ1n) is 6.91. The zero-order chi connectivity index (χ0) is 15.6. The van der Waals surface area contributed by atoms with Gasteiger partial charge in [-0.3, -0.25) is 0 Å². The fourth-order valence-corrected chi connectivity index (χ4v) is 3.19. The molecule has 3 rings (SSSR count). The minimum Gasteiger partial charge on any atom is -0.217 e. The van der Waals surface area contributed by atoms with E-state index in [-0.39, 0.29) is 6.04 Å². The fourth-order valence-electron chi connectivity index (χ4n) is 2.43. The Morgan fingerprint density at radius 1 is 1.05 bits per heavy atom. The fraction of sp³-hybridized carbons (Fsp3) is 0.583. The van der Waals surface area contributed by atoms with Crippen LogP contribution >= 0.6 is 11.8 Å². The summed E-state index contributed by atoms with van der Waals surface area (Å²) >= 11 is 1.12. The van der Waals surface area contributed by atoms with Gasteiger partial charge in [-0.2, -0.15) is 13.2 Å². The van der Waals surface area contributed by atoms with Crippen LogP contribution < -0.4 is 0 Å². The van der Waals surface area contributed by atoms with Crippen molar-refractivity contribution in [2.24, 2.45) is 0 Å². The summed E-state index contributed by atoms with van der Waals surface area (Å²) in [5.74, 6) is 0. The highest BCUT2D eigenvalue weighted by molar-refractivity contribution is 7.99. The van der Waals surface area contributed by atoms with Gasteiger partial charge in [0.25, 0.3) is 0 Å². The van der Waals surface area contributed by atoms with Crippen LogP contribution in [-0.4, -0.2) is 30.4 Å². The average Bonchev–Trinajstić information content (AvgIpc) is 2.96. The van der Waals surface area contributed by atoms with E-state index in [1.165, 1.54) is 12.5 Å². The highest BCUT2D eigenvalue weighted by Crippen LogP contribution is 2.33. The first-order chi connectivity index (χ1) is 10.5. The Kier molecular flexibility index (Phi) is 4.27. The molecule has 22 heavy (non-hydrogen) atoms. The molecule has 2 aromatic heterocycles. The van der Waals surface area contributed by atoms with Crippen LogP contribution in [0.5, 0.6) is 0 Å². The van der Waals surface area contributed by atoms with Gasteiger partial charge >= 0.3 is 6.18 Å². The summed E-state index contributed by atoms with van der Waals surface area (Å²) in [5, 5.41) is 19.2. The van der Waals surface area contributed by atoms with E-state index in [0.717, 1.165) is 43.5 Å². The first kappa shape index (κ1) is 15.2. The molecule has 0 spiro atoms. The van der Waals surface area contributed by atoms with Crippen LogP contribution in [0, 0.1) is 0 Å². The van der Waals surface area contributed by atoms with Crippen LogP contribution in [0.15, 0.2) is 22.3 Å². The van der Waals surface area contributed by atoms with Crippen LogP contribution in [0.2, 0.25) is 0 Å². The van der Waals surface area contributed by atoms with E-state index in [0.29, 0.717) is 10.2 Å². The van der Waals surface area contributed by atoms with Crippen LogP contribution in [0.4, 0.5) is 13.2 Å². The van der Waals surface area contributed by atoms with Gasteiger partial charge in [0, 0.05) is 0 Å². The smallest absolute Gasteiger partial charge is 0.217 e. The molecule has 0 unspecified atom stereocenters. The lowest BCUT2D eigenvalue weighted by Gasteiger charge is -2.21. The largest absolute Gasteiger partial charge is 0.435 e. The molecule has 1 fully saturated rings. The summed E-state index contributed by atoms with van der Waals surface area (Å²) in [4.78, 5) is 0. The predicted octanol–water partition coefficient (Wildman–Crippen LogP) is 3.14. The molecule has 0 bridgehead atoms. The van der Waals surface area contributed by atoms with E-state index in [2.05, 4.69) is 25.7 Å². The molecule has 0 atom stereocenters. The number of tetrazole rings is 1. The van der Waals surface area contributed by atoms with Crippen molar-refractivity contribution in [1.82, 2.24) is 30.4 Å². The lowest BCUT2D eigenvalue weighted by Crippen LogP contribution is -2.15. The number of aromatic nitrogens is 6. The van der Waals surface area contributed by atoms with Crippen LogP contribution in [0.3, 0.4) is 0 Å². The lowest BCUT2D eigenvalue weighted by molar-refractivity contribution is -0.141. The topological polar surface area (TPSA) is 69.4 Å². The summed E-state index contributed by atoms with van der Waals surface area (Å²) in [6.07, 6.45) is 1.02. The molecule has 1 aliphatic rings. The van der Waals surface area contributed by atoms with Crippen molar-refractivity contribution in [2.75, 3.05) is 0 Å². The van der Waals surface area contributed by atoms with Gasteiger partial charge in [0.15, 0.2) is 5.69 Å². The lowest BCUT2D eigenvalue weighted by atomic mass is 9.96. The third kappa shape index (κ3) is 3.37. The SMILES string of the molecule is FC(F)(F)c1ccc(Sc2nnnn2C2CCCCC2)nn1. The molecule has 1 saturated carbocycles. The van der Waals surface area contributed by atoms with Gasteiger partial charge in [-0.1, -0.05) is 19.3 Å². The van der Waals surface area contributed by atoms with Gasteiger partial charge in [-0.25, -0.2) is 4.68 Å². The quantitative estimate of drug-likeness (QED) is 0.861. The molecule has 6 nitrogen and oxygen atoms in total. The highest BCUT2D eigenvalue weighted by atomic mass is 32.2. The van der Waals surface area contributed by atoms with Gasteiger partial charge in [-0.05, 0) is 47.2 Å². The molecule has 0 amide bonds. The zero-order valence-electron chi connectivity index (χ0n) is 11.5. The normalized spacial score (nSPS) is 16.9. The second kappa shape index (κ2) is 6.19. The molecular formula is C12H13F3N6S. The minimum absolute atomic E-state index is 0.244. The van der Waals surface area contributed by atoms with E-state index in [4.69, 9.17) is 0 Å². The molecule has 0 N–H and O–H groups in total. The number of rotatable bonds is 3. The molecule has 0 aromatic carbocycles. The minimum atomic E-state index is -4.49. The number of alkyl halides is 3. The second-order valence-corrected chi connectivity index (χ2v) is 6.04. The van der Waals surface area contributed by atoms with Gasteiger partial charge in [0.05, 0.1) is 6.04 Å². The molecule has 2 aromatic rings. The average molecular weight is 330 g/mol. The second-order valence-electron chi connectivity index (χ2n) is 5.05. The Morgan fingerprint density at radius 2 is 1.82 bits per heavy atom. The van der Waals surface area contributed by atoms with Crippen molar-refractivity contribution in [3.05, 3.63) is 17.8 Å². The van der Waals surface area contributed by atoms with Crippen molar-refractivity contribution >= 4 is 11.8 Å². The number of halogens is 3. The first-order valence-corrected chi connectivity index (χ1v) is 7.72. The molecular weight excluding hydrogens is 317 g/mol. The van der Waals surface area contributed by atoms with Gasteiger partial charge in [0.2, 0.25) is 5.16 Å². The van der Waals surface area contributed by atoms with Crippen LogP contribution in [0.1, 0.15) is 43.8 Å². The maximum Gasteiger partial charge on any atom is 0.435 e. The summed E-state index contributed by atoms with van der Waals surface area (Å²) in [6.45, 7) is 0. The molecule has 0 aliphatic heterocycles. The maximum absolute atomic E-state index is 12.5.